The number of rotatable bonds is 6. The Labute approximate surface area is 174 Å². The van der Waals surface area contributed by atoms with E-state index < -0.39 is 0 Å². The maximum absolute atomic E-state index is 12.7. The minimum absolute atomic E-state index is 0.0851. The fourth-order valence-electron chi connectivity index (χ4n) is 2.75. The number of amides is 1. The van der Waals surface area contributed by atoms with Gasteiger partial charge >= 0.3 is 0 Å². The lowest BCUT2D eigenvalue weighted by molar-refractivity contribution is 0.0782. The van der Waals surface area contributed by atoms with Crippen molar-refractivity contribution < 1.29 is 9.53 Å². The summed E-state index contributed by atoms with van der Waals surface area (Å²) in [6, 6.07) is 12.9. The molecule has 0 saturated heterocycles. The summed E-state index contributed by atoms with van der Waals surface area (Å²) in [5.74, 6) is 0.674. The molecule has 3 aromatic rings. The van der Waals surface area contributed by atoms with E-state index in [4.69, 9.17) is 27.9 Å². The van der Waals surface area contributed by atoms with Crippen molar-refractivity contribution in [2.24, 2.45) is 7.05 Å². The van der Waals surface area contributed by atoms with E-state index in [0.29, 0.717) is 28.8 Å². The van der Waals surface area contributed by atoms with Gasteiger partial charge in [0.25, 0.3) is 5.91 Å². The van der Waals surface area contributed by atoms with E-state index in [1.807, 2.05) is 37.3 Å². The first-order chi connectivity index (χ1) is 13.3. The summed E-state index contributed by atoms with van der Waals surface area (Å²) < 4.78 is 7.47. The summed E-state index contributed by atoms with van der Waals surface area (Å²) in [6.07, 6.45) is 1.58. The third-order valence-corrected chi connectivity index (χ3v) is 5.22. The lowest BCUT2D eigenvalue weighted by Crippen LogP contribution is -2.27. The van der Waals surface area contributed by atoms with E-state index in [-0.39, 0.29) is 5.91 Å². The molecule has 0 aliphatic rings. The molecule has 0 aliphatic carbocycles. The lowest BCUT2D eigenvalue weighted by atomic mass is 10.1. The van der Waals surface area contributed by atoms with Crippen LogP contribution in [0.5, 0.6) is 5.75 Å². The topological polar surface area (TPSA) is 47.4 Å². The molecule has 0 spiro atoms. The van der Waals surface area contributed by atoms with Crippen LogP contribution in [0, 0.1) is 6.92 Å². The van der Waals surface area contributed by atoms with Gasteiger partial charge in [-0.3, -0.25) is 9.48 Å². The number of aromatic nitrogens is 2. The molecular weight excluding hydrogens is 397 g/mol. The van der Waals surface area contributed by atoms with E-state index >= 15 is 0 Å². The van der Waals surface area contributed by atoms with Crippen LogP contribution in [-0.4, -0.2) is 27.6 Å². The zero-order chi connectivity index (χ0) is 20.3. The summed E-state index contributed by atoms with van der Waals surface area (Å²) in [7, 11) is 3.54. The van der Waals surface area contributed by atoms with Crippen LogP contribution in [0.15, 0.2) is 48.7 Å². The van der Waals surface area contributed by atoms with Gasteiger partial charge in [-0.2, -0.15) is 5.10 Å². The second kappa shape index (κ2) is 8.67. The minimum atomic E-state index is -0.0851. The van der Waals surface area contributed by atoms with Crippen LogP contribution < -0.4 is 4.74 Å². The number of halogens is 2. The van der Waals surface area contributed by atoms with Crippen LogP contribution in [0.25, 0.3) is 0 Å². The summed E-state index contributed by atoms with van der Waals surface area (Å²) in [4.78, 5) is 14.3. The van der Waals surface area contributed by atoms with E-state index in [0.717, 1.165) is 22.6 Å². The van der Waals surface area contributed by atoms with E-state index in [9.17, 15) is 4.79 Å². The van der Waals surface area contributed by atoms with Gasteiger partial charge in [0.05, 0.1) is 23.5 Å². The third kappa shape index (κ3) is 4.66. The third-order valence-electron chi connectivity index (χ3n) is 4.48. The van der Waals surface area contributed by atoms with Crippen molar-refractivity contribution in [1.29, 1.82) is 0 Å². The number of aryl methyl sites for hydroxylation is 2. The highest BCUT2D eigenvalue weighted by Gasteiger charge is 2.16. The molecule has 0 atom stereocenters. The van der Waals surface area contributed by atoms with Crippen molar-refractivity contribution in [3.63, 3.8) is 0 Å². The van der Waals surface area contributed by atoms with Crippen molar-refractivity contribution in [2.45, 2.75) is 20.1 Å². The summed E-state index contributed by atoms with van der Waals surface area (Å²) in [5.41, 5.74) is 3.34. The fraction of sp³-hybridized carbons (Fsp3) is 0.238. The standard InChI is InChI=1S/C21H21Cl2N3O2/c1-14-10-17(8-9-18(14)22)28-13-15-4-6-16(7-5-15)21(27)25(2)12-20-19(23)11-24-26(20)3/h4-11H,12-13H2,1-3H3. The van der Waals surface area contributed by atoms with Crippen LogP contribution in [0.4, 0.5) is 0 Å². The Hall–Kier alpha value is -2.50. The summed E-state index contributed by atoms with van der Waals surface area (Å²) in [5, 5.41) is 5.36. The number of hydrogen-bond donors (Lipinski definition) is 0. The molecule has 2 aromatic carbocycles. The molecule has 0 saturated carbocycles. The molecule has 3 rings (SSSR count). The predicted octanol–water partition coefficient (Wildman–Crippen LogP) is 4.89. The molecule has 0 radical (unpaired) electrons. The Morgan fingerprint density at radius 3 is 2.46 bits per heavy atom. The van der Waals surface area contributed by atoms with Crippen molar-refractivity contribution in [3.05, 3.63) is 81.1 Å². The molecule has 7 heteroatoms. The Morgan fingerprint density at radius 1 is 1.14 bits per heavy atom. The van der Waals surface area contributed by atoms with Gasteiger partial charge in [0.2, 0.25) is 0 Å². The van der Waals surface area contributed by atoms with Gasteiger partial charge in [-0.25, -0.2) is 0 Å². The number of hydrogen-bond acceptors (Lipinski definition) is 3. The van der Waals surface area contributed by atoms with Crippen molar-refractivity contribution in [3.8, 4) is 5.75 Å². The maximum Gasteiger partial charge on any atom is 0.253 e. The highest BCUT2D eigenvalue weighted by atomic mass is 35.5. The Balaban J connectivity index is 1.61. The van der Waals surface area contributed by atoms with Gasteiger partial charge in [-0.05, 0) is 48.4 Å². The largest absolute Gasteiger partial charge is 0.489 e. The van der Waals surface area contributed by atoms with E-state index in [1.54, 1.807) is 42.0 Å². The molecule has 0 fully saturated rings. The molecule has 0 unspecified atom stereocenters. The first-order valence-corrected chi connectivity index (χ1v) is 9.50. The van der Waals surface area contributed by atoms with E-state index in [1.165, 1.54) is 0 Å². The average molecular weight is 418 g/mol. The van der Waals surface area contributed by atoms with Crippen LogP contribution in [0.2, 0.25) is 10.0 Å². The molecule has 1 aromatic heterocycles. The smallest absolute Gasteiger partial charge is 0.253 e. The predicted molar refractivity (Wildman–Crippen MR) is 111 cm³/mol. The molecule has 0 bridgehead atoms. The maximum atomic E-state index is 12.7. The second-order valence-electron chi connectivity index (χ2n) is 6.62. The molecular formula is C21H21Cl2N3O2. The van der Waals surface area contributed by atoms with Crippen molar-refractivity contribution in [1.82, 2.24) is 14.7 Å². The quantitative estimate of drug-likeness (QED) is 0.573. The Kier molecular flexibility index (Phi) is 6.27. The molecule has 1 amide bonds. The number of carbonyl (C=O) groups is 1. The Bertz CT molecular complexity index is 964. The number of ether oxygens (including phenoxy) is 1. The highest BCUT2D eigenvalue weighted by molar-refractivity contribution is 6.31. The summed E-state index contributed by atoms with van der Waals surface area (Å²) in [6.45, 7) is 2.73. The fourth-order valence-corrected chi connectivity index (χ4v) is 3.09. The molecule has 146 valence electrons. The van der Waals surface area contributed by atoms with Crippen LogP contribution >= 0.6 is 23.2 Å². The Morgan fingerprint density at radius 2 is 1.86 bits per heavy atom. The lowest BCUT2D eigenvalue weighted by Gasteiger charge is -2.18. The normalized spacial score (nSPS) is 10.8. The van der Waals surface area contributed by atoms with Gasteiger partial charge in [-0.15, -0.1) is 0 Å². The second-order valence-corrected chi connectivity index (χ2v) is 7.44. The van der Waals surface area contributed by atoms with Gasteiger partial charge in [-0.1, -0.05) is 35.3 Å². The monoisotopic (exact) mass is 417 g/mol. The van der Waals surface area contributed by atoms with E-state index in [2.05, 4.69) is 5.10 Å². The molecule has 1 heterocycles. The SMILES string of the molecule is Cc1cc(OCc2ccc(C(=O)N(C)Cc3c(Cl)cnn3C)cc2)ccc1Cl. The van der Waals surface area contributed by atoms with Gasteiger partial charge in [0, 0.05) is 24.7 Å². The number of benzene rings is 2. The molecule has 5 nitrogen and oxygen atoms in total. The minimum Gasteiger partial charge on any atom is -0.489 e. The molecule has 0 aliphatic heterocycles. The zero-order valence-corrected chi connectivity index (χ0v) is 17.5. The number of carbonyl (C=O) groups excluding carboxylic acids is 1. The summed E-state index contributed by atoms with van der Waals surface area (Å²) >= 11 is 12.2. The van der Waals surface area contributed by atoms with Gasteiger partial charge in [0.1, 0.15) is 12.4 Å². The molecule has 28 heavy (non-hydrogen) atoms. The number of nitrogens with zero attached hydrogens (tertiary/aromatic N) is 3. The zero-order valence-electron chi connectivity index (χ0n) is 15.9. The first kappa shape index (κ1) is 20.2. The van der Waals surface area contributed by atoms with Crippen LogP contribution in [-0.2, 0) is 20.2 Å². The van der Waals surface area contributed by atoms with Gasteiger partial charge < -0.3 is 9.64 Å². The average Bonchev–Trinajstić information content (AvgIpc) is 3.00. The van der Waals surface area contributed by atoms with Crippen LogP contribution in [0.3, 0.4) is 0 Å². The van der Waals surface area contributed by atoms with Gasteiger partial charge in [0.15, 0.2) is 0 Å². The molecule has 0 N–H and O–H groups in total. The first-order valence-electron chi connectivity index (χ1n) is 8.75. The van der Waals surface area contributed by atoms with Crippen molar-refractivity contribution in [2.75, 3.05) is 7.05 Å². The van der Waals surface area contributed by atoms with Crippen molar-refractivity contribution >= 4 is 29.1 Å². The van der Waals surface area contributed by atoms with Crippen LogP contribution in [0.1, 0.15) is 27.2 Å². The highest BCUT2D eigenvalue weighted by Crippen LogP contribution is 2.22.